The lowest BCUT2D eigenvalue weighted by Crippen LogP contribution is -2.21. The highest BCUT2D eigenvalue weighted by Crippen LogP contribution is 2.48. The normalized spacial score (nSPS) is 15.3. The Morgan fingerprint density at radius 1 is 1.10 bits per heavy atom. The summed E-state index contributed by atoms with van der Waals surface area (Å²) in [7, 11) is 0. The summed E-state index contributed by atoms with van der Waals surface area (Å²) < 4.78 is 18.3. The number of benzene rings is 3. The van der Waals surface area contributed by atoms with Crippen LogP contribution >= 0.6 is 15.9 Å². The second-order valence-electron chi connectivity index (χ2n) is 6.83. The molecule has 3 aromatic carbocycles. The van der Waals surface area contributed by atoms with Gasteiger partial charge < -0.3 is 19.9 Å². The zero-order valence-corrected chi connectivity index (χ0v) is 18.3. The molecule has 0 fully saturated rings. The van der Waals surface area contributed by atoms with Crippen LogP contribution in [0, 0.1) is 11.3 Å². The fourth-order valence-electron chi connectivity index (χ4n) is 3.83. The van der Waals surface area contributed by atoms with Crippen molar-refractivity contribution in [1.82, 2.24) is 0 Å². The molecule has 1 aliphatic rings. The number of ether oxygens (including phenoxy) is 3. The lowest BCUT2D eigenvalue weighted by Gasteiger charge is -2.28. The topological polar surface area (TPSA) is 77.5 Å². The van der Waals surface area contributed by atoms with Crippen LogP contribution in [0.3, 0.4) is 0 Å². The van der Waals surface area contributed by atoms with Crippen LogP contribution < -0.4 is 19.9 Å². The zero-order chi connectivity index (χ0) is 21.3. The van der Waals surface area contributed by atoms with Gasteiger partial charge in [-0.2, -0.15) is 5.26 Å². The van der Waals surface area contributed by atoms with Gasteiger partial charge in [-0.25, -0.2) is 0 Å². The maximum atomic E-state index is 9.88. The largest absolute Gasteiger partial charge is 0.490 e. The van der Waals surface area contributed by atoms with Crippen LogP contribution in [0.25, 0.3) is 10.8 Å². The Morgan fingerprint density at radius 2 is 1.87 bits per heavy atom. The Hall–Kier alpha value is -3.17. The molecule has 0 saturated heterocycles. The summed E-state index contributed by atoms with van der Waals surface area (Å²) in [6, 6.07) is 18.1. The zero-order valence-electron chi connectivity index (χ0n) is 16.7. The summed E-state index contributed by atoms with van der Waals surface area (Å²) in [6.45, 7) is 4.85. The van der Waals surface area contributed by atoms with Crippen molar-refractivity contribution in [3.05, 3.63) is 75.6 Å². The third-order valence-electron chi connectivity index (χ3n) is 5.06. The van der Waals surface area contributed by atoms with E-state index in [4.69, 9.17) is 19.9 Å². The predicted octanol–water partition coefficient (Wildman–Crippen LogP) is 5.62. The molecule has 0 saturated carbocycles. The van der Waals surface area contributed by atoms with Crippen molar-refractivity contribution < 1.29 is 14.2 Å². The fourth-order valence-corrected chi connectivity index (χ4v) is 4.41. The summed E-state index contributed by atoms with van der Waals surface area (Å²) in [5, 5.41) is 11.9. The lowest BCUT2D eigenvalue weighted by atomic mass is 9.82. The van der Waals surface area contributed by atoms with Gasteiger partial charge in [-0.15, -0.1) is 0 Å². The molecular formula is C24H21BrN2O3. The molecule has 0 radical (unpaired) electrons. The second-order valence-corrected chi connectivity index (χ2v) is 7.68. The van der Waals surface area contributed by atoms with E-state index in [1.807, 2.05) is 62.4 Å². The Balaban J connectivity index is 1.96. The molecule has 1 heterocycles. The van der Waals surface area contributed by atoms with Crippen molar-refractivity contribution in [2.24, 2.45) is 5.73 Å². The number of hydrogen-bond donors (Lipinski definition) is 1. The summed E-state index contributed by atoms with van der Waals surface area (Å²) in [4.78, 5) is 0. The van der Waals surface area contributed by atoms with Crippen molar-refractivity contribution in [2.75, 3.05) is 13.2 Å². The van der Waals surface area contributed by atoms with E-state index in [0.29, 0.717) is 36.0 Å². The van der Waals surface area contributed by atoms with Gasteiger partial charge in [-0.3, -0.25) is 0 Å². The Bertz CT molecular complexity index is 1200. The van der Waals surface area contributed by atoms with Crippen LogP contribution in [0.2, 0.25) is 0 Å². The van der Waals surface area contributed by atoms with Gasteiger partial charge in [0.25, 0.3) is 0 Å². The maximum absolute atomic E-state index is 9.88. The fraction of sp³-hybridized carbons (Fsp3) is 0.208. The quantitative estimate of drug-likeness (QED) is 0.530. The first-order valence-electron chi connectivity index (χ1n) is 9.77. The number of halogens is 1. The van der Waals surface area contributed by atoms with Crippen molar-refractivity contribution in [3.63, 3.8) is 0 Å². The van der Waals surface area contributed by atoms with Crippen molar-refractivity contribution in [2.45, 2.75) is 19.8 Å². The molecule has 2 N–H and O–H groups in total. The standard InChI is InChI=1S/C24H21BrN2O3/c1-3-28-20-12-15(11-19(25)23(20)29-4-2)21-17-10-9-14-7-5-6-8-16(14)22(17)30-24(27)18(21)13-26/h5-12,21H,3-4,27H2,1-2H3/t21-/m1/s1. The Morgan fingerprint density at radius 3 is 2.60 bits per heavy atom. The van der Waals surface area contributed by atoms with Gasteiger partial charge in [0, 0.05) is 10.9 Å². The van der Waals surface area contributed by atoms with Crippen molar-refractivity contribution >= 4 is 26.7 Å². The van der Waals surface area contributed by atoms with Crippen LogP contribution in [0.5, 0.6) is 17.2 Å². The molecule has 0 amide bonds. The third kappa shape index (κ3) is 3.35. The average molecular weight is 465 g/mol. The van der Waals surface area contributed by atoms with Crippen LogP contribution in [-0.2, 0) is 0 Å². The summed E-state index contributed by atoms with van der Waals surface area (Å²) >= 11 is 3.61. The Labute approximate surface area is 183 Å². The predicted molar refractivity (Wildman–Crippen MR) is 120 cm³/mol. The molecule has 0 aromatic heterocycles. The first-order chi connectivity index (χ1) is 14.6. The highest BCUT2D eigenvalue weighted by molar-refractivity contribution is 9.10. The molecule has 152 valence electrons. The highest BCUT2D eigenvalue weighted by atomic mass is 79.9. The van der Waals surface area contributed by atoms with E-state index in [-0.39, 0.29) is 11.8 Å². The molecule has 6 heteroatoms. The van der Waals surface area contributed by atoms with Crippen LogP contribution in [-0.4, -0.2) is 13.2 Å². The monoisotopic (exact) mass is 464 g/mol. The molecular weight excluding hydrogens is 444 g/mol. The number of fused-ring (bicyclic) bond motifs is 3. The number of hydrogen-bond acceptors (Lipinski definition) is 5. The summed E-state index contributed by atoms with van der Waals surface area (Å²) in [5.41, 5.74) is 8.33. The number of nitrogens with zero attached hydrogens (tertiary/aromatic N) is 1. The third-order valence-corrected chi connectivity index (χ3v) is 5.65. The molecule has 1 aliphatic heterocycles. The van der Waals surface area contributed by atoms with Gasteiger partial charge in [0.05, 0.1) is 23.6 Å². The first-order valence-corrected chi connectivity index (χ1v) is 10.6. The van der Waals surface area contributed by atoms with Gasteiger partial charge in [-0.1, -0.05) is 36.4 Å². The summed E-state index contributed by atoms with van der Waals surface area (Å²) in [5.74, 6) is 1.68. The first kappa shape index (κ1) is 20.1. The van der Waals surface area contributed by atoms with E-state index < -0.39 is 0 Å². The molecule has 1 atom stereocenters. The number of nitriles is 1. The molecule has 0 aliphatic carbocycles. The van der Waals surface area contributed by atoms with Crippen LogP contribution in [0.4, 0.5) is 0 Å². The van der Waals surface area contributed by atoms with Crippen molar-refractivity contribution in [3.8, 4) is 23.3 Å². The van der Waals surface area contributed by atoms with E-state index in [1.54, 1.807) is 0 Å². The minimum atomic E-state index is -0.380. The highest BCUT2D eigenvalue weighted by Gasteiger charge is 2.32. The molecule has 4 rings (SSSR count). The maximum Gasteiger partial charge on any atom is 0.205 e. The van der Waals surface area contributed by atoms with E-state index in [9.17, 15) is 5.26 Å². The smallest absolute Gasteiger partial charge is 0.205 e. The van der Waals surface area contributed by atoms with Gasteiger partial charge in [0.2, 0.25) is 5.88 Å². The molecule has 0 unspecified atom stereocenters. The number of nitrogens with two attached hydrogens (primary N) is 1. The van der Waals surface area contributed by atoms with E-state index in [2.05, 4.69) is 22.0 Å². The molecule has 5 nitrogen and oxygen atoms in total. The van der Waals surface area contributed by atoms with Crippen LogP contribution in [0.1, 0.15) is 30.9 Å². The van der Waals surface area contributed by atoms with E-state index >= 15 is 0 Å². The Kier molecular flexibility index (Phi) is 5.56. The van der Waals surface area contributed by atoms with Gasteiger partial charge >= 0.3 is 0 Å². The van der Waals surface area contributed by atoms with E-state index in [1.165, 1.54) is 0 Å². The minimum absolute atomic E-state index is 0.120. The van der Waals surface area contributed by atoms with Crippen molar-refractivity contribution in [1.29, 1.82) is 5.26 Å². The minimum Gasteiger partial charge on any atom is -0.490 e. The van der Waals surface area contributed by atoms with Gasteiger partial charge in [0.1, 0.15) is 17.4 Å². The van der Waals surface area contributed by atoms with Crippen LogP contribution in [0.15, 0.2) is 64.5 Å². The molecule has 0 bridgehead atoms. The average Bonchev–Trinajstić information content (AvgIpc) is 2.75. The molecule has 3 aromatic rings. The second kappa shape index (κ2) is 8.29. The molecule has 30 heavy (non-hydrogen) atoms. The van der Waals surface area contributed by atoms with E-state index in [0.717, 1.165) is 26.4 Å². The summed E-state index contributed by atoms with van der Waals surface area (Å²) in [6.07, 6.45) is 0. The molecule has 0 spiro atoms. The van der Waals surface area contributed by atoms with Gasteiger partial charge in [-0.05, 0) is 52.9 Å². The lowest BCUT2D eigenvalue weighted by molar-refractivity contribution is 0.286. The number of rotatable bonds is 5. The van der Waals surface area contributed by atoms with Gasteiger partial charge in [0.15, 0.2) is 11.5 Å². The SMILES string of the molecule is CCOc1cc([C@H]2C(C#N)=C(N)Oc3c2ccc2ccccc32)cc(Br)c1OCC. The number of allylic oxidation sites excluding steroid dienone is 1.